The molecule has 1 fully saturated rings. The molecule has 0 atom stereocenters. The number of nitrogens with one attached hydrogen (secondary N) is 1. The van der Waals surface area contributed by atoms with E-state index in [-0.39, 0.29) is 17.1 Å². The molecule has 2 rings (SSSR count). The average Bonchev–Trinajstić information content (AvgIpc) is 2.56. The van der Waals surface area contributed by atoms with Crippen LogP contribution in [-0.2, 0) is 0 Å². The van der Waals surface area contributed by atoms with Crippen molar-refractivity contribution in [1.29, 1.82) is 15.8 Å². The zero-order valence-electron chi connectivity index (χ0n) is 12.6. The van der Waals surface area contributed by atoms with Crippen molar-refractivity contribution in [3.8, 4) is 18.2 Å². The second kappa shape index (κ2) is 7.41. The fraction of sp³-hybridized carbons (Fsp3) is 0.312. The number of anilines is 2. The summed E-state index contributed by atoms with van der Waals surface area (Å²) >= 11 is 0. The molecule has 6 nitrogen and oxygen atoms in total. The average molecular weight is 329 g/mol. The molecule has 1 aliphatic heterocycles. The molecule has 0 radical (unpaired) electrons. The maximum atomic E-state index is 14.3. The van der Waals surface area contributed by atoms with Crippen LogP contribution in [0, 0.1) is 45.6 Å². The Balaban J connectivity index is 2.31. The molecule has 1 heterocycles. The van der Waals surface area contributed by atoms with Gasteiger partial charge in [-0.05, 0) is 25.0 Å². The Labute approximate surface area is 137 Å². The number of allylic oxidation sites excluding steroid dienone is 2. The second-order valence-corrected chi connectivity index (χ2v) is 5.22. The topological polar surface area (TPSA) is 107 Å². The van der Waals surface area contributed by atoms with Crippen LogP contribution in [0.5, 0.6) is 0 Å². The number of piperidine rings is 1. The fourth-order valence-corrected chi connectivity index (χ4v) is 2.46. The lowest BCUT2D eigenvalue weighted by Crippen LogP contribution is -2.36. The van der Waals surface area contributed by atoms with Gasteiger partial charge in [-0.1, -0.05) is 0 Å². The van der Waals surface area contributed by atoms with Gasteiger partial charge in [-0.25, -0.2) is 8.78 Å². The van der Waals surface area contributed by atoms with Crippen molar-refractivity contribution in [2.24, 2.45) is 0 Å². The first-order valence-electron chi connectivity index (χ1n) is 7.13. The fourth-order valence-electron chi connectivity index (χ4n) is 2.46. The van der Waals surface area contributed by atoms with E-state index in [1.165, 1.54) is 17.0 Å². The molecule has 1 aromatic rings. The number of aliphatic hydroxyl groups is 1. The summed E-state index contributed by atoms with van der Waals surface area (Å²) in [6.45, 7) is 0.663. The zero-order valence-corrected chi connectivity index (χ0v) is 12.6. The molecule has 0 spiro atoms. The number of benzene rings is 1. The molecule has 0 unspecified atom stereocenters. The predicted octanol–water partition coefficient (Wildman–Crippen LogP) is 2.16. The molecule has 0 bridgehead atoms. The molecule has 0 aliphatic carbocycles. The lowest BCUT2D eigenvalue weighted by Gasteiger charge is -2.32. The SMILES string of the molecule is N#CC(C#N)=C(C#N)Nc1cc(F)c(N2CCC(O)CC2)c(F)c1. The summed E-state index contributed by atoms with van der Waals surface area (Å²) in [7, 11) is 0. The maximum Gasteiger partial charge on any atom is 0.163 e. The minimum absolute atomic E-state index is 0.0784. The molecule has 24 heavy (non-hydrogen) atoms. The number of halogens is 2. The van der Waals surface area contributed by atoms with Crippen molar-refractivity contribution in [2.45, 2.75) is 18.9 Å². The van der Waals surface area contributed by atoms with E-state index in [2.05, 4.69) is 5.32 Å². The zero-order chi connectivity index (χ0) is 17.7. The third-order valence-electron chi connectivity index (χ3n) is 3.65. The first kappa shape index (κ1) is 17.2. The summed E-state index contributed by atoms with van der Waals surface area (Å²) in [5.74, 6) is -1.66. The van der Waals surface area contributed by atoms with Crippen molar-refractivity contribution in [2.75, 3.05) is 23.3 Å². The molecular weight excluding hydrogens is 316 g/mol. The van der Waals surface area contributed by atoms with Gasteiger partial charge in [0.25, 0.3) is 0 Å². The van der Waals surface area contributed by atoms with Crippen LogP contribution in [-0.4, -0.2) is 24.3 Å². The van der Waals surface area contributed by atoms with Crippen LogP contribution in [0.1, 0.15) is 12.8 Å². The van der Waals surface area contributed by atoms with Gasteiger partial charge in [0.1, 0.15) is 29.6 Å². The third kappa shape index (κ3) is 3.60. The van der Waals surface area contributed by atoms with Crippen LogP contribution in [0.3, 0.4) is 0 Å². The predicted molar refractivity (Wildman–Crippen MR) is 81.3 cm³/mol. The molecule has 1 saturated heterocycles. The molecule has 0 saturated carbocycles. The lowest BCUT2D eigenvalue weighted by atomic mass is 10.1. The van der Waals surface area contributed by atoms with E-state index in [4.69, 9.17) is 15.8 Å². The number of aliphatic hydroxyl groups excluding tert-OH is 1. The standard InChI is InChI=1S/C16H13F2N5O/c17-13-5-11(22-15(9-21)10(7-19)8-20)6-14(18)16(13)23-3-1-12(24)2-4-23/h5-6,12,22,24H,1-4H2. The van der Waals surface area contributed by atoms with E-state index in [9.17, 15) is 13.9 Å². The number of hydrogen-bond donors (Lipinski definition) is 2. The van der Waals surface area contributed by atoms with Gasteiger partial charge in [0, 0.05) is 18.8 Å². The Morgan fingerprint density at radius 2 is 1.62 bits per heavy atom. The highest BCUT2D eigenvalue weighted by Crippen LogP contribution is 2.30. The van der Waals surface area contributed by atoms with Gasteiger partial charge in [-0.15, -0.1) is 0 Å². The van der Waals surface area contributed by atoms with Gasteiger partial charge in [0.05, 0.1) is 6.10 Å². The van der Waals surface area contributed by atoms with E-state index < -0.39 is 23.3 Å². The van der Waals surface area contributed by atoms with Crippen molar-refractivity contribution >= 4 is 11.4 Å². The van der Waals surface area contributed by atoms with Crippen LogP contribution in [0.4, 0.5) is 20.2 Å². The minimum Gasteiger partial charge on any atom is -0.393 e. The van der Waals surface area contributed by atoms with Crippen LogP contribution in [0.25, 0.3) is 0 Å². The van der Waals surface area contributed by atoms with Gasteiger partial charge >= 0.3 is 0 Å². The summed E-state index contributed by atoms with van der Waals surface area (Å²) in [5.41, 5.74) is -1.14. The normalized spacial score (nSPS) is 14.2. The highest BCUT2D eigenvalue weighted by atomic mass is 19.1. The lowest BCUT2D eigenvalue weighted by molar-refractivity contribution is 0.145. The van der Waals surface area contributed by atoms with Crippen LogP contribution in [0.2, 0.25) is 0 Å². The number of rotatable bonds is 3. The van der Waals surface area contributed by atoms with E-state index in [0.717, 1.165) is 12.1 Å². The minimum atomic E-state index is -0.832. The van der Waals surface area contributed by atoms with E-state index >= 15 is 0 Å². The first-order chi connectivity index (χ1) is 11.5. The number of nitrogens with zero attached hydrogens (tertiary/aromatic N) is 4. The largest absolute Gasteiger partial charge is 0.393 e. The molecule has 8 heteroatoms. The monoisotopic (exact) mass is 329 g/mol. The summed E-state index contributed by atoms with van der Waals surface area (Å²) in [5, 5.41) is 38.3. The highest BCUT2D eigenvalue weighted by Gasteiger charge is 2.23. The molecule has 2 N–H and O–H groups in total. The maximum absolute atomic E-state index is 14.3. The smallest absolute Gasteiger partial charge is 0.163 e. The molecule has 0 aromatic heterocycles. The molecule has 1 aromatic carbocycles. The summed E-state index contributed by atoms with van der Waals surface area (Å²) < 4.78 is 28.6. The Morgan fingerprint density at radius 3 is 2.08 bits per heavy atom. The number of hydrogen-bond acceptors (Lipinski definition) is 6. The first-order valence-corrected chi connectivity index (χ1v) is 7.13. The summed E-state index contributed by atoms with van der Waals surface area (Å²) in [6, 6.07) is 6.67. The Bertz CT molecular complexity index is 753. The Hall–Kier alpha value is -3.15. The Morgan fingerprint density at radius 1 is 1.08 bits per heavy atom. The van der Waals surface area contributed by atoms with Crippen molar-refractivity contribution in [3.63, 3.8) is 0 Å². The second-order valence-electron chi connectivity index (χ2n) is 5.22. The molecule has 1 aliphatic rings. The number of nitriles is 3. The quantitative estimate of drug-likeness (QED) is 0.823. The van der Waals surface area contributed by atoms with E-state index in [0.29, 0.717) is 25.9 Å². The van der Waals surface area contributed by atoms with Crippen LogP contribution >= 0.6 is 0 Å². The summed E-state index contributed by atoms with van der Waals surface area (Å²) in [6.07, 6.45) is 0.383. The molecule has 122 valence electrons. The van der Waals surface area contributed by atoms with Gasteiger partial charge in [-0.3, -0.25) is 0 Å². The Kier molecular flexibility index (Phi) is 5.31. The van der Waals surface area contributed by atoms with Crippen molar-refractivity contribution in [3.05, 3.63) is 35.0 Å². The van der Waals surface area contributed by atoms with Gasteiger partial charge < -0.3 is 15.3 Å². The van der Waals surface area contributed by atoms with Crippen LogP contribution < -0.4 is 10.2 Å². The van der Waals surface area contributed by atoms with Gasteiger partial charge in [0.2, 0.25) is 0 Å². The van der Waals surface area contributed by atoms with Gasteiger partial charge in [0.15, 0.2) is 17.2 Å². The van der Waals surface area contributed by atoms with Crippen molar-refractivity contribution < 1.29 is 13.9 Å². The highest BCUT2D eigenvalue weighted by molar-refractivity contribution is 5.63. The summed E-state index contributed by atoms with van der Waals surface area (Å²) in [4.78, 5) is 1.51. The van der Waals surface area contributed by atoms with Gasteiger partial charge in [-0.2, -0.15) is 15.8 Å². The van der Waals surface area contributed by atoms with Crippen molar-refractivity contribution in [1.82, 2.24) is 0 Å². The van der Waals surface area contributed by atoms with E-state index in [1.54, 1.807) is 6.07 Å². The molecule has 0 amide bonds. The van der Waals surface area contributed by atoms with Crippen LogP contribution in [0.15, 0.2) is 23.4 Å². The third-order valence-corrected chi connectivity index (χ3v) is 3.65. The molecular formula is C16H13F2N5O. The van der Waals surface area contributed by atoms with E-state index in [1.807, 2.05) is 0 Å².